The van der Waals surface area contributed by atoms with Crippen molar-refractivity contribution >= 4 is 29.2 Å². The predicted octanol–water partition coefficient (Wildman–Crippen LogP) is 4.03. The lowest BCUT2D eigenvalue weighted by atomic mass is 10.0. The Kier molecular flexibility index (Phi) is 5.24. The number of hydrogen-bond donors (Lipinski definition) is 1. The lowest BCUT2D eigenvalue weighted by Gasteiger charge is -2.18. The van der Waals surface area contributed by atoms with E-state index in [1.165, 1.54) is 0 Å². The number of fused-ring (bicyclic) bond motifs is 1. The summed E-state index contributed by atoms with van der Waals surface area (Å²) >= 11 is 1.63. The number of thioether (sulfide) groups is 1. The molecule has 1 aromatic heterocycles. The van der Waals surface area contributed by atoms with Crippen LogP contribution in [0.1, 0.15) is 22.1 Å². The molecule has 0 saturated heterocycles. The summed E-state index contributed by atoms with van der Waals surface area (Å²) in [5.74, 6) is 1.90. The number of aryl methyl sites for hydroxylation is 1. The van der Waals surface area contributed by atoms with Gasteiger partial charge in [-0.05, 0) is 48.9 Å². The Balaban J connectivity index is 1.80. The van der Waals surface area contributed by atoms with E-state index in [9.17, 15) is 4.79 Å². The molecule has 0 bridgehead atoms. The molecule has 0 saturated carbocycles. The Morgan fingerprint density at radius 2 is 1.83 bits per heavy atom. The van der Waals surface area contributed by atoms with Gasteiger partial charge in [-0.2, -0.15) is 5.10 Å². The van der Waals surface area contributed by atoms with Gasteiger partial charge in [0, 0.05) is 25.3 Å². The van der Waals surface area contributed by atoms with Gasteiger partial charge in [0.25, 0.3) is 0 Å². The second-order valence-corrected chi connectivity index (χ2v) is 8.28. The van der Waals surface area contributed by atoms with E-state index in [1.807, 2.05) is 50.0 Å². The van der Waals surface area contributed by atoms with Gasteiger partial charge in [0.1, 0.15) is 11.6 Å². The average molecular weight is 409 g/mol. The monoisotopic (exact) mass is 408 g/mol. The van der Waals surface area contributed by atoms with Gasteiger partial charge in [0.2, 0.25) is 5.91 Å². The molecule has 1 amide bonds. The molecule has 1 aliphatic heterocycles. The number of carbonyl (C=O) groups excluding carboxylic acids is 1. The van der Waals surface area contributed by atoms with Gasteiger partial charge in [-0.25, -0.2) is 4.68 Å². The fourth-order valence-electron chi connectivity index (χ4n) is 3.50. The minimum absolute atomic E-state index is 0.0154. The van der Waals surface area contributed by atoms with E-state index in [4.69, 9.17) is 9.84 Å². The van der Waals surface area contributed by atoms with Gasteiger partial charge >= 0.3 is 0 Å². The molecule has 3 aromatic rings. The molecular formula is C22H24N4O2S. The van der Waals surface area contributed by atoms with E-state index in [0.29, 0.717) is 5.75 Å². The summed E-state index contributed by atoms with van der Waals surface area (Å²) in [6.45, 7) is 2.00. The number of hydrogen-bond acceptors (Lipinski definition) is 5. The molecule has 29 heavy (non-hydrogen) atoms. The Labute approximate surface area is 174 Å². The van der Waals surface area contributed by atoms with Gasteiger partial charge in [0.05, 0.1) is 29.5 Å². The Hall–Kier alpha value is -2.93. The molecule has 2 aromatic carbocycles. The van der Waals surface area contributed by atoms with Crippen LogP contribution in [-0.4, -0.2) is 42.6 Å². The van der Waals surface area contributed by atoms with Crippen molar-refractivity contribution in [1.29, 1.82) is 0 Å². The lowest BCUT2D eigenvalue weighted by Crippen LogP contribution is -2.15. The quantitative estimate of drug-likeness (QED) is 0.706. The van der Waals surface area contributed by atoms with Crippen LogP contribution in [0, 0.1) is 6.92 Å². The zero-order valence-electron chi connectivity index (χ0n) is 17.0. The zero-order valence-corrected chi connectivity index (χ0v) is 17.8. The van der Waals surface area contributed by atoms with Crippen LogP contribution in [0.3, 0.4) is 0 Å². The standard InChI is InChI=1S/C22H24N4O2S/c1-14-20-21(15-5-7-16(8-6-15)25(2)3)29-13-19(27)23-22(20)26(24-14)17-9-11-18(28-4)12-10-17/h5-12,21H,13H2,1-4H3,(H,23,27)/t21-/m0/s1. The number of ether oxygens (including phenoxy) is 1. The summed E-state index contributed by atoms with van der Waals surface area (Å²) in [5, 5.41) is 7.86. The number of aromatic nitrogens is 2. The number of methoxy groups -OCH3 is 1. The first-order valence-corrected chi connectivity index (χ1v) is 10.5. The number of nitrogens with one attached hydrogen (secondary N) is 1. The maximum atomic E-state index is 12.5. The van der Waals surface area contributed by atoms with E-state index in [2.05, 4.69) is 34.5 Å². The number of anilines is 2. The third kappa shape index (κ3) is 3.70. The molecule has 1 N–H and O–H groups in total. The summed E-state index contributed by atoms with van der Waals surface area (Å²) in [4.78, 5) is 14.5. The normalized spacial score (nSPS) is 16.0. The molecule has 0 aliphatic carbocycles. The van der Waals surface area contributed by atoms with Crippen LogP contribution < -0.4 is 15.0 Å². The smallest absolute Gasteiger partial charge is 0.235 e. The van der Waals surface area contributed by atoms with Crippen molar-refractivity contribution in [1.82, 2.24) is 9.78 Å². The topological polar surface area (TPSA) is 59.4 Å². The zero-order chi connectivity index (χ0) is 20.5. The molecule has 2 heterocycles. The highest BCUT2D eigenvalue weighted by Gasteiger charge is 2.30. The average Bonchev–Trinajstić information content (AvgIpc) is 2.93. The van der Waals surface area contributed by atoms with Crippen LogP contribution in [0.25, 0.3) is 5.69 Å². The summed E-state index contributed by atoms with van der Waals surface area (Å²) in [5.41, 5.74) is 5.15. The van der Waals surface area contributed by atoms with Crippen LogP contribution in [-0.2, 0) is 4.79 Å². The number of amides is 1. The van der Waals surface area contributed by atoms with E-state index >= 15 is 0 Å². The second kappa shape index (κ2) is 7.83. The Morgan fingerprint density at radius 3 is 2.45 bits per heavy atom. The molecular weight excluding hydrogens is 384 g/mol. The maximum Gasteiger partial charge on any atom is 0.235 e. The maximum absolute atomic E-state index is 12.5. The molecule has 4 rings (SSSR count). The molecule has 150 valence electrons. The largest absolute Gasteiger partial charge is 0.497 e. The van der Waals surface area contributed by atoms with Crippen molar-refractivity contribution in [3.05, 3.63) is 65.4 Å². The lowest BCUT2D eigenvalue weighted by molar-refractivity contribution is -0.113. The van der Waals surface area contributed by atoms with Crippen LogP contribution >= 0.6 is 11.8 Å². The fraction of sp³-hybridized carbons (Fsp3) is 0.273. The highest BCUT2D eigenvalue weighted by atomic mass is 32.2. The van der Waals surface area contributed by atoms with E-state index < -0.39 is 0 Å². The molecule has 0 unspecified atom stereocenters. The molecule has 0 fully saturated rings. The Bertz CT molecular complexity index is 1030. The minimum Gasteiger partial charge on any atom is -0.497 e. The third-order valence-corrected chi connectivity index (χ3v) is 6.31. The molecule has 1 atom stereocenters. The molecule has 1 aliphatic rings. The van der Waals surface area contributed by atoms with Crippen molar-refractivity contribution in [3.8, 4) is 11.4 Å². The molecule has 7 heteroatoms. The summed E-state index contributed by atoms with van der Waals surface area (Å²) in [7, 11) is 5.70. The Morgan fingerprint density at radius 1 is 1.14 bits per heavy atom. The highest BCUT2D eigenvalue weighted by molar-refractivity contribution is 8.00. The number of carbonyl (C=O) groups is 1. The molecule has 0 spiro atoms. The number of rotatable bonds is 4. The van der Waals surface area contributed by atoms with Crippen LogP contribution in [0.4, 0.5) is 11.5 Å². The van der Waals surface area contributed by atoms with Crippen LogP contribution in [0.5, 0.6) is 5.75 Å². The van der Waals surface area contributed by atoms with Gasteiger partial charge < -0.3 is 15.0 Å². The van der Waals surface area contributed by atoms with Gasteiger partial charge in [-0.3, -0.25) is 4.79 Å². The van der Waals surface area contributed by atoms with Gasteiger partial charge in [-0.1, -0.05) is 12.1 Å². The van der Waals surface area contributed by atoms with Gasteiger partial charge in [-0.15, -0.1) is 11.8 Å². The fourth-order valence-corrected chi connectivity index (χ4v) is 4.69. The van der Waals surface area contributed by atoms with Crippen molar-refractivity contribution in [2.75, 3.05) is 37.2 Å². The minimum atomic E-state index is -0.0154. The van der Waals surface area contributed by atoms with Gasteiger partial charge in [0.15, 0.2) is 0 Å². The number of nitrogens with zero attached hydrogens (tertiary/aromatic N) is 3. The van der Waals surface area contributed by atoms with Crippen molar-refractivity contribution in [2.24, 2.45) is 0 Å². The van der Waals surface area contributed by atoms with Crippen LogP contribution in [0.15, 0.2) is 48.5 Å². The first-order valence-electron chi connectivity index (χ1n) is 9.40. The summed E-state index contributed by atoms with van der Waals surface area (Å²) in [6.07, 6.45) is 0. The highest BCUT2D eigenvalue weighted by Crippen LogP contribution is 2.44. The van der Waals surface area contributed by atoms with Crippen LogP contribution in [0.2, 0.25) is 0 Å². The SMILES string of the molecule is COc1ccc(-n2nc(C)c3c2NC(=O)CS[C@H]3c2ccc(N(C)C)cc2)cc1. The van der Waals surface area contributed by atoms with Crippen molar-refractivity contribution in [2.45, 2.75) is 12.2 Å². The van der Waals surface area contributed by atoms with Crippen molar-refractivity contribution < 1.29 is 9.53 Å². The summed E-state index contributed by atoms with van der Waals surface area (Å²) in [6, 6.07) is 16.2. The van der Waals surface area contributed by atoms with E-state index in [-0.39, 0.29) is 11.2 Å². The molecule has 6 nitrogen and oxygen atoms in total. The third-order valence-electron chi connectivity index (χ3n) is 5.04. The first-order chi connectivity index (χ1) is 14.0. The van der Waals surface area contributed by atoms with E-state index in [1.54, 1.807) is 18.9 Å². The van der Waals surface area contributed by atoms with E-state index in [0.717, 1.165) is 39.8 Å². The van der Waals surface area contributed by atoms with Crippen molar-refractivity contribution in [3.63, 3.8) is 0 Å². The predicted molar refractivity (Wildman–Crippen MR) is 119 cm³/mol. The second-order valence-electron chi connectivity index (χ2n) is 7.18. The first kappa shape index (κ1) is 19.4. The number of benzene rings is 2. The summed E-state index contributed by atoms with van der Waals surface area (Å²) < 4.78 is 7.07. The molecule has 0 radical (unpaired) electrons.